The molecule has 0 saturated heterocycles. The monoisotopic (exact) mass is 208 g/mol. The molecule has 1 nitrogen and oxygen atoms in total. The zero-order valence-corrected chi connectivity index (χ0v) is 9.04. The quantitative estimate of drug-likeness (QED) is 0.809. The summed E-state index contributed by atoms with van der Waals surface area (Å²) in [6.45, 7) is 2.37. The second-order valence-electron chi connectivity index (χ2n) is 4.65. The lowest BCUT2D eigenvalue weighted by molar-refractivity contribution is 0.0221. The van der Waals surface area contributed by atoms with Crippen LogP contribution in [0.1, 0.15) is 37.7 Å². The molecule has 2 heteroatoms. The predicted molar refractivity (Wildman–Crippen MR) is 58.2 cm³/mol. The topological polar surface area (TPSA) is 20.2 Å². The first-order valence-corrected chi connectivity index (χ1v) is 5.54. The van der Waals surface area contributed by atoms with Crippen molar-refractivity contribution in [1.29, 1.82) is 0 Å². The largest absolute Gasteiger partial charge is 0.396 e. The summed E-state index contributed by atoms with van der Waals surface area (Å²) < 4.78 is 12.8. The first-order valence-electron chi connectivity index (χ1n) is 5.54. The minimum Gasteiger partial charge on any atom is -0.396 e. The molecule has 1 aliphatic rings. The van der Waals surface area contributed by atoms with Crippen molar-refractivity contribution in [3.63, 3.8) is 0 Å². The van der Waals surface area contributed by atoms with E-state index in [1.807, 2.05) is 12.1 Å². The molecule has 0 radical (unpaired) electrons. The third-order valence-electron chi connectivity index (χ3n) is 3.95. The van der Waals surface area contributed by atoms with Crippen LogP contribution in [0.3, 0.4) is 0 Å². The Bertz CT molecular complexity index is 321. The Kier molecular flexibility index (Phi) is 2.79. The van der Waals surface area contributed by atoms with Gasteiger partial charge in [-0.15, -0.1) is 0 Å². The normalized spacial score (nSPS) is 20.7. The van der Waals surface area contributed by atoms with Crippen LogP contribution in [0.2, 0.25) is 0 Å². The minimum absolute atomic E-state index is 0.0534. The Labute approximate surface area is 89.9 Å². The van der Waals surface area contributed by atoms with Gasteiger partial charge in [0.25, 0.3) is 0 Å². The molecule has 1 unspecified atom stereocenters. The van der Waals surface area contributed by atoms with Crippen LogP contribution in [-0.2, 0) is 0 Å². The Hall–Kier alpha value is -0.890. The highest BCUT2D eigenvalue weighted by Crippen LogP contribution is 2.50. The van der Waals surface area contributed by atoms with Crippen molar-refractivity contribution in [3.05, 3.63) is 35.6 Å². The first-order chi connectivity index (χ1) is 7.18. The van der Waals surface area contributed by atoms with Crippen molar-refractivity contribution in [2.75, 3.05) is 6.61 Å². The number of aliphatic hydroxyl groups excluding tert-OH is 1. The summed E-state index contributed by atoms with van der Waals surface area (Å²) in [5.41, 5.74) is 1.18. The number of halogens is 1. The van der Waals surface area contributed by atoms with Gasteiger partial charge in [0, 0.05) is 12.0 Å². The molecule has 1 N–H and O–H groups in total. The van der Waals surface area contributed by atoms with E-state index in [2.05, 4.69) is 6.92 Å². The van der Waals surface area contributed by atoms with E-state index in [0.717, 1.165) is 18.4 Å². The van der Waals surface area contributed by atoms with Gasteiger partial charge in [-0.3, -0.25) is 0 Å². The SMILES string of the molecule is CC(c1ccc(F)cc1)C1(CO)CCC1. The summed E-state index contributed by atoms with van der Waals surface area (Å²) in [6, 6.07) is 6.65. The average Bonchev–Trinajstić information content (AvgIpc) is 2.18. The summed E-state index contributed by atoms with van der Waals surface area (Å²) in [4.78, 5) is 0. The lowest BCUT2D eigenvalue weighted by Gasteiger charge is -2.45. The van der Waals surface area contributed by atoms with Gasteiger partial charge in [-0.25, -0.2) is 4.39 Å². The van der Waals surface area contributed by atoms with Crippen LogP contribution in [0.15, 0.2) is 24.3 Å². The molecule has 1 aromatic rings. The molecule has 0 aromatic heterocycles. The van der Waals surface area contributed by atoms with E-state index in [0.29, 0.717) is 5.92 Å². The van der Waals surface area contributed by atoms with Gasteiger partial charge in [0.15, 0.2) is 0 Å². The van der Waals surface area contributed by atoms with Gasteiger partial charge in [-0.2, -0.15) is 0 Å². The van der Waals surface area contributed by atoms with Crippen LogP contribution < -0.4 is 0 Å². The van der Waals surface area contributed by atoms with Gasteiger partial charge < -0.3 is 5.11 Å². The molecular weight excluding hydrogens is 191 g/mol. The average molecular weight is 208 g/mol. The maximum atomic E-state index is 12.8. The molecule has 15 heavy (non-hydrogen) atoms. The van der Waals surface area contributed by atoms with Crippen molar-refractivity contribution in [2.24, 2.45) is 5.41 Å². The number of hydrogen-bond donors (Lipinski definition) is 1. The summed E-state index contributed by atoms with van der Waals surface area (Å²) in [5.74, 6) is 0.120. The van der Waals surface area contributed by atoms with Crippen LogP contribution in [0.25, 0.3) is 0 Å². The summed E-state index contributed by atoms with van der Waals surface area (Å²) in [6.07, 6.45) is 3.37. The lowest BCUT2D eigenvalue weighted by atomic mass is 9.60. The molecule has 1 aromatic carbocycles. The van der Waals surface area contributed by atoms with Crippen LogP contribution in [0.5, 0.6) is 0 Å². The number of hydrogen-bond acceptors (Lipinski definition) is 1. The highest BCUT2D eigenvalue weighted by atomic mass is 19.1. The third-order valence-corrected chi connectivity index (χ3v) is 3.95. The fourth-order valence-corrected chi connectivity index (χ4v) is 2.46. The highest BCUT2D eigenvalue weighted by Gasteiger charge is 2.41. The van der Waals surface area contributed by atoms with Crippen molar-refractivity contribution in [3.8, 4) is 0 Å². The summed E-state index contributed by atoms with van der Waals surface area (Å²) >= 11 is 0. The molecular formula is C13H17FO. The number of rotatable bonds is 3. The Morgan fingerprint density at radius 3 is 2.33 bits per heavy atom. The van der Waals surface area contributed by atoms with Crippen LogP contribution in [-0.4, -0.2) is 11.7 Å². The smallest absolute Gasteiger partial charge is 0.123 e. The van der Waals surface area contributed by atoms with Crippen molar-refractivity contribution >= 4 is 0 Å². The van der Waals surface area contributed by atoms with Gasteiger partial charge in [0.05, 0.1) is 0 Å². The third kappa shape index (κ3) is 1.78. The molecule has 0 aliphatic heterocycles. The second-order valence-corrected chi connectivity index (χ2v) is 4.65. The molecule has 0 heterocycles. The maximum Gasteiger partial charge on any atom is 0.123 e. The molecule has 0 spiro atoms. The van der Waals surface area contributed by atoms with E-state index in [1.54, 1.807) is 0 Å². The van der Waals surface area contributed by atoms with Gasteiger partial charge in [0.1, 0.15) is 5.82 Å². The van der Waals surface area contributed by atoms with Crippen LogP contribution >= 0.6 is 0 Å². The minimum atomic E-state index is -0.197. The summed E-state index contributed by atoms with van der Waals surface area (Å²) in [7, 11) is 0. The molecule has 0 amide bonds. The Morgan fingerprint density at radius 1 is 1.33 bits per heavy atom. The first kappa shape index (κ1) is 10.6. The molecule has 1 fully saturated rings. The standard InChI is InChI=1S/C13H17FO/c1-10(13(9-15)7-2-8-13)11-3-5-12(14)6-4-11/h3-6,10,15H,2,7-9H2,1H3. The zero-order chi connectivity index (χ0) is 10.9. The zero-order valence-electron chi connectivity index (χ0n) is 9.04. The molecule has 2 rings (SSSR count). The maximum absolute atomic E-state index is 12.8. The van der Waals surface area contributed by atoms with E-state index >= 15 is 0 Å². The molecule has 1 aliphatic carbocycles. The predicted octanol–water partition coefficient (Wildman–Crippen LogP) is 3.09. The Morgan fingerprint density at radius 2 is 1.93 bits per heavy atom. The molecule has 0 bridgehead atoms. The van der Waals surface area contributed by atoms with Gasteiger partial charge >= 0.3 is 0 Å². The van der Waals surface area contributed by atoms with E-state index in [4.69, 9.17) is 0 Å². The van der Waals surface area contributed by atoms with Gasteiger partial charge in [-0.05, 0) is 36.5 Å². The van der Waals surface area contributed by atoms with Gasteiger partial charge in [0.2, 0.25) is 0 Å². The van der Waals surface area contributed by atoms with Crippen LogP contribution in [0.4, 0.5) is 4.39 Å². The highest BCUT2D eigenvalue weighted by molar-refractivity contribution is 5.23. The lowest BCUT2D eigenvalue weighted by Crippen LogP contribution is -2.38. The van der Waals surface area contributed by atoms with E-state index < -0.39 is 0 Å². The van der Waals surface area contributed by atoms with Crippen molar-refractivity contribution < 1.29 is 9.50 Å². The second kappa shape index (κ2) is 3.93. The summed E-state index contributed by atoms with van der Waals surface area (Å²) in [5, 5.41) is 9.45. The number of aliphatic hydroxyl groups is 1. The van der Waals surface area contributed by atoms with E-state index in [-0.39, 0.29) is 17.8 Å². The molecule has 82 valence electrons. The number of benzene rings is 1. The van der Waals surface area contributed by atoms with Gasteiger partial charge in [-0.1, -0.05) is 25.5 Å². The van der Waals surface area contributed by atoms with Crippen molar-refractivity contribution in [2.45, 2.75) is 32.1 Å². The van der Waals surface area contributed by atoms with E-state index in [1.165, 1.54) is 18.6 Å². The fraction of sp³-hybridized carbons (Fsp3) is 0.538. The van der Waals surface area contributed by atoms with Crippen LogP contribution in [0, 0.1) is 11.2 Å². The Balaban J connectivity index is 2.19. The fourth-order valence-electron chi connectivity index (χ4n) is 2.46. The van der Waals surface area contributed by atoms with E-state index in [9.17, 15) is 9.50 Å². The van der Waals surface area contributed by atoms with Crippen molar-refractivity contribution in [1.82, 2.24) is 0 Å². The molecule has 1 atom stereocenters. The molecule has 1 saturated carbocycles.